The molecule has 2 nitrogen and oxygen atoms in total. The highest BCUT2D eigenvalue weighted by Gasteiger charge is 2.03. The summed E-state index contributed by atoms with van der Waals surface area (Å²) in [6, 6.07) is 0.424. The molecule has 1 rings (SSSR count). The molecule has 3 heteroatoms. The summed E-state index contributed by atoms with van der Waals surface area (Å²) in [7, 11) is 0. The van der Waals surface area contributed by atoms with Crippen molar-refractivity contribution in [3.8, 4) is 0 Å². The molecule has 0 aliphatic carbocycles. The van der Waals surface area contributed by atoms with Crippen molar-refractivity contribution in [2.24, 2.45) is 4.99 Å². The molecule has 0 N–H and O–H groups in total. The predicted octanol–water partition coefficient (Wildman–Crippen LogP) is 1.54. The Morgan fingerprint density at radius 1 is 1.75 bits per heavy atom. The Morgan fingerprint density at radius 3 is 2.88 bits per heavy atom. The second kappa shape index (κ2) is 2.31. The summed E-state index contributed by atoms with van der Waals surface area (Å²) < 4.78 is 1.87. The maximum absolute atomic E-state index is 3.88. The quantitative estimate of drug-likeness (QED) is 0.510. The lowest BCUT2D eigenvalue weighted by molar-refractivity contribution is 0.623. The lowest BCUT2D eigenvalue weighted by atomic mass is 10.3. The van der Waals surface area contributed by atoms with E-state index >= 15 is 0 Å². The molecule has 1 unspecified atom stereocenters. The van der Waals surface area contributed by atoms with Gasteiger partial charge in [0.1, 0.15) is 6.34 Å². The minimum Gasteiger partial charge on any atom is -0.292 e. The third-order valence-electron chi connectivity index (χ3n) is 1.02. The van der Waals surface area contributed by atoms with E-state index in [0.29, 0.717) is 6.04 Å². The molecule has 1 atom stereocenters. The monoisotopic (exact) mass is 174 g/mol. The normalized spacial score (nSPS) is 26.8. The van der Waals surface area contributed by atoms with E-state index < -0.39 is 0 Å². The van der Waals surface area contributed by atoms with Crippen LogP contribution in [0.4, 0.5) is 0 Å². The van der Waals surface area contributed by atoms with Gasteiger partial charge in [0.05, 0.1) is 22.2 Å². The highest BCUT2D eigenvalue weighted by Crippen LogP contribution is 2.07. The molecule has 0 saturated heterocycles. The van der Waals surface area contributed by atoms with Gasteiger partial charge in [-0.1, -0.05) is 0 Å². The SMILES string of the molecule is CC1C=CN=CN1Br. The molecule has 0 aromatic heterocycles. The largest absolute Gasteiger partial charge is 0.292 e. The molecule has 0 aromatic carbocycles. The summed E-state index contributed by atoms with van der Waals surface area (Å²) in [6.45, 7) is 2.08. The van der Waals surface area contributed by atoms with E-state index in [9.17, 15) is 0 Å². The van der Waals surface area contributed by atoms with E-state index in [1.54, 1.807) is 12.5 Å². The van der Waals surface area contributed by atoms with E-state index in [0.717, 1.165) is 0 Å². The van der Waals surface area contributed by atoms with Gasteiger partial charge in [-0.05, 0) is 13.0 Å². The van der Waals surface area contributed by atoms with Crippen molar-refractivity contribution in [1.29, 1.82) is 0 Å². The predicted molar refractivity (Wildman–Crippen MR) is 37.9 cm³/mol. The smallest absolute Gasteiger partial charge is 0.101 e. The fraction of sp³-hybridized carbons (Fsp3) is 0.400. The summed E-state index contributed by atoms with van der Waals surface area (Å²) in [4.78, 5) is 3.88. The van der Waals surface area contributed by atoms with Crippen LogP contribution in [0.1, 0.15) is 6.92 Å². The van der Waals surface area contributed by atoms with E-state index in [4.69, 9.17) is 0 Å². The Hall–Kier alpha value is -0.310. The molecule has 0 aromatic rings. The Kier molecular flexibility index (Phi) is 1.68. The zero-order valence-corrected chi connectivity index (χ0v) is 6.17. The molecular formula is C5H7BrN2. The topological polar surface area (TPSA) is 15.6 Å². The van der Waals surface area contributed by atoms with Crippen LogP contribution in [-0.2, 0) is 0 Å². The van der Waals surface area contributed by atoms with Crippen LogP contribution in [0.3, 0.4) is 0 Å². The highest BCUT2D eigenvalue weighted by atomic mass is 79.9. The lowest BCUT2D eigenvalue weighted by Gasteiger charge is -2.17. The number of halogens is 1. The van der Waals surface area contributed by atoms with E-state index in [1.807, 2.05) is 10.0 Å². The molecule has 1 heterocycles. The van der Waals surface area contributed by atoms with Gasteiger partial charge in [0.15, 0.2) is 0 Å². The number of hydrogen-bond acceptors (Lipinski definition) is 2. The van der Waals surface area contributed by atoms with Gasteiger partial charge in [-0.25, -0.2) is 4.99 Å². The first-order valence-electron chi connectivity index (χ1n) is 2.45. The van der Waals surface area contributed by atoms with Crippen LogP contribution in [0.25, 0.3) is 0 Å². The summed E-state index contributed by atoms with van der Waals surface area (Å²) >= 11 is 3.29. The Bertz CT molecular complexity index is 114. The Morgan fingerprint density at radius 2 is 2.50 bits per heavy atom. The van der Waals surface area contributed by atoms with Gasteiger partial charge in [-0.3, -0.25) is 3.93 Å². The zero-order chi connectivity index (χ0) is 5.98. The van der Waals surface area contributed by atoms with Crippen LogP contribution in [0.2, 0.25) is 0 Å². The summed E-state index contributed by atoms with van der Waals surface area (Å²) in [5.74, 6) is 0. The number of aliphatic imine (C=N–C) groups is 1. The van der Waals surface area contributed by atoms with Crippen molar-refractivity contribution >= 4 is 22.5 Å². The van der Waals surface area contributed by atoms with E-state index in [2.05, 4.69) is 28.1 Å². The molecule has 8 heavy (non-hydrogen) atoms. The molecular weight excluding hydrogens is 168 g/mol. The fourth-order valence-electron chi connectivity index (χ4n) is 0.464. The van der Waals surface area contributed by atoms with Crippen LogP contribution in [-0.4, -0.2) is 16.3 Å². The molecule has 0 saturated carbocycles. The summed E-state index contributed by atoms with van der Waals surface area (Å²) in [5.41, 5.74) is 0. The van der Waals surface area contributed by atoms with Crippen molar-refractivity contribution in [3.05, 3.63) is 12.3 Å². The van der Waals surface area contributed by atoms with Gasteiger partial charge < -0.3 is 0 Å². The van der Waals surface area contributed by atoms with E-state index in [1.165, 1.54) is 0 Å². The highest BCUT2D eigenvalue weighted by molar-refractivity contribution is 9.07. The molecule has 44 valence electrons. The van der Waals surface area contributed by atoms with Crippen molar-refractivity contribution in [2.75, 3.05) is 0 Å². The van der Waals surface area contributed by atoms with Crippen molar-refractivity contribution < 1.29 is 0 Å². The number of hydrogen-bond donors (Lipinski definition) is 0. The van der Waals surface area contributed by atoms with Crippen LogP contribution < -0.4 is 0 Å². The van der Waals surface area contributed by atoms with Crippen molar-refractivity contribution in [1.82, 2.24) is 3.93 Å². The lowest BCUT2D eigenvalue weighted by Crippen LogP contribution is -2.21. The fourth-order valence-corrected chi connectivity index (χ4v) is 0.706. The minimum atomic E-state index is 0.424. The van der Waals surface area contributed by atoms with Gasteiger partial charge in [-0.2, -0.15) is 0 Å². The van der Waals surface area contributed by atoms with Crippen LogP contribution >= 0.6 is 16.1 Å². The number of rotatable bonds is 0. The Labute approximate surface area is 57.2 Å². The second-order valence-electron chi connectivity index (χ2n) is 1.69. The first kappa shape index (κ1) is 5.82. The zero-order valence-electron chi connectivity index (χ0n) is 4.58. The third kappa shape index (κ3) is 1.10. The first-order valence-corrected chi connectivity index (χ1v) is 3.16. The minimum absolute atomic E-state index is 0.424. The van der Waals surface area contributed by atoms with Gasteiger partial charge in [0, 0.05) is 6.20 Å². The van der Waals surface area contributed by atoms with Gasteiger partial charge in [0.25, 0.3) is 0 Å². The molecule has 1 aliphatic rings. The molecule has 0 amide bonds. The maximum atomic E-state index is 3.88. The molecule has 0 spiro atoms. The van der Waals surface area contributed by atoms with Gasteiger partial charge >= 0.3 is 0 Å². The maximum Gasteiger partial charge on any atom is 0.101 e. The van der Waals surface area contributed by atoms with Gasteiger partial charge in [0.2, 0.25) is 0 Å². The van der Waals surface area contributed by atoms with Crippen molar-refractivity contribution in [2.45, 2.75) is 13.0 Å². The van der Waals surface area contributed by atoms with Crippen LogP contribution in [0, 0.1) is 0 Å². The number of nitrogens with zero attached hydrogens (tertiary/aromatic N) is 2. The second-order valence-corrected chi connectivity index (χ2v) is 2.51. The van der Waals surface area contributed by atoms with Crippen LogP contribution in [0.5, 0.6) is 0 Å². The molecule has 0 bridgehead atoms. The average Bonchev–Trinajstić information content (AvgIpc) is 1.77. The molecule has 0 radical (unpaired) electrons. The van der Waals surface area contributed by atoms with Gasteiger partial charge in [-0.15, -0.1) is 0 Å². The summed E-state index contributed by atoms with van der Waals surface area (Å²) in [5, 5.41) is 0. The average molecular weight is 175 g/mol. The molecule has 0 fully saturated rings. The van der Waals surface area contributed by atoms with Crippen molar-refractivity contribution in [3.63, 3.8) is 0 Å². The molecule has 1 aliphatic heterocycles. The standard InChI is InChI=1S/C5H7BrN2/c1-5-2-3-7-4-8(5)6/h2-5H,1H3. The Balaban J connectivity index is 2.59. The summed E-state index contributed by atoms with van der Waals surface area (Å²) in [6.07, 6.45) is 5.54. The third-order valence-corrected chi connectivity index (χ3v) is 1.85. The first-order chi connectivity index (χ1) is 3.80. The van der Waals surface area contributed by atoms with E-state index in [-0.39, 0.29) is 0 Å². The van der Waals surface area contributed by atoms with Crippen LogP contribution in [0.15, 0.2) is 17.3 Å².